The van der Waals surface area contributed by atoms with Crippen LogP contribution in [0.5, 0.6) is 0 Å². The van der Waals surface area contributed by atoms with Crippen LogP contribution in [0.1, 0.15) is 35.3 Å². The zero-order valence-electron chi connectivity index (χ0n) is 17.4. The summed E-state index contributed by atoms with van der Waals surface area (Å²) >= 11 is 6.57. The van der Waals surface area contributed by atoms with Crippen molar-refractivity contribution in [1.82, 2.24) is 14.8 Å². The molecule has 1 aromatic carbocycles. The number of halogens is 1. The Morgan fingerprint density at radius 2 is 2.03 bits per heavy atom. The summed E-state index contributed by atoms with van der Waals surface area (Å²) < 4.78 is 1.74. The zero-order valence-corrected chi connectivity index (χ0v) is 18.1. The van der Waals surface area contributed by atoms with Crippen LogP contribution in [-0.4, -0.2) is 41.6 Å². The van der Waals surface area contributed by atoms with Gasteiger partial charge in [-0.25, -0.2) is 0 Å². The molecule has 1 fully saturated rings. The summed E-state index contributed by atoms with van der Waals surface area (Å²) in [5.74, 6) is -0.0351. The van der Waals surface area contributed by atoms with Crippen LogP contribution >= 0.6 is 11.6 Å². The third-order valence-electron chi connectivity index (χ3n) is 5.72. The van der Waals surface area contributed by atoms with E-state index in [9.17, 15) is 9.59 Å². The first kappa shape index (κ1) is 20.6. The molecule has 2 aliphatic rings. The van der Waals surface area contributed by atoms with Gasteiger partial charge in [-0.15, -0.1) is 0 Å². The van der Waals surface area contributed by atoms with Gasteiger partial charge in [-0.05, 0) is 43.5 Å². The van der Waals surface area contributed by atoms with Gasteiger partial charge < -0.3 is 14.8 Å². The van der Waals surface area contributed by atoms with Gasteiger partial charge in [-0.3, -0.25) is 9.59 Å². The summed E-state index contributed by atoms with van der Waals surface area (Å²) in [6.07, 6.45) is 8.57. The number of carbonyl (C=O) groups excluding carboxylic acids is 1. The van der Waals surface area contributed by atoms with E-state index in [0.717, 1.165) is 35.3 Å². The molecule has 1 saturated heterocycles. The smallest absolute Gasteiger partial charge is 0.255 e. The highest BCUT2D eigenvalue weighted by atomic mass is 35.5. The van der Waals surface area contributed by atoms with Gasteiger partial charge in [-0.2, -0.15) is 0 Å². The first-order valence-electron chi connectivity index (χ1n) is 10.3. The number of allylic oxidation sites excluding steroid dienone is 3. The molecule has 1 amide bonds. The van der Waals surface area contributed by atoms with Gasteiger partial charge in [-0.1, -0.05) is 41.5 Å². The van der Waals surface area contributed by atoms with E-state index in [1.807, 2.05) is 49.2 Å². The SMILES string of the molecule is C/C=C/Cn1cc(-c2ccc(C(=O)N3CCNCC3)c(Cl)c2)c2c(c1=O)CC(C)=C2. The predicted octanol–water partition coefficient (Wildman–Crippen LogP) is 3.75. The van der Waals surface area contributed by atoms with Gasteiger partial charge in [0.25, 0.3) is 11.5 Å². The van der Waals surface area contributed by atoms with Crippen LogP contribution in [0.25, 0.3) is 17.2 Å². The number of benzene rings is 1. The van der Waals surface area contributed by atoms with E-state index in [1.54, 1.807) is 10.6 Å². The number of hydrogen-bond donors (Lipinski definition) is 1. The first-order valence-corrected chi connectivity index (χ1v) is 10.7. The topological polar surface area (TPSA) is 54.3 Å². The number of fused-ring (bicyclic) bond motifs is 1. The fourth-order valence-corrected chi connectivity index (χ4v) is 4.39. The number of pyridine rings is 1. The van der Waals surface area contributed by atoms with Crippen molar-refractivity contribution >= 4 is 23.6 Å². The Hall–Kier alpha value is -2.63. The molecule has 0 saturated carbocycles. The average molecular weight is 424 g/mol. The van der Waals surface area contributed by atoms with Crippen molar-refractivity contribution in [3.8, 4) is 11.1 Å². The summed E-state index contributed by atoms with van der Waals surface area (Å²) in [7, 11) is 0. The van der Waals surface area contributed by atoms with Crippen molar-refractivity contribution in [3.05, 3.63) is 74.2 Å². The maximum Gasteiger partial charge on any atom is 0.255 e. The van der Waals surface area contributed by atoms with Crippen molar-refractivity contribution in [2.75, 3.05) is 26.2 Å². The second-order valence-corrected chi connectivity index (χ2v) is 8.27. The molecular weight excluding hydrogens is 398 g/mol. The second kappa shape index (κ2) is 8.62. The quantitative estimate of drug-likeness (QED) is 0.762. The molecule has 156 valence electrons. The third-order valence-corrected chi connectivity index (χ3v) is 6.03. The van der Waals surface area contributed by atoms with Crippen LogP contribution in [0.3, 0.4) is 0 Å². The number of hydrogen-bond acceptors (Lipinski definition) is 3. The van der Waals surface area contributed by atoms with Gasteiger partial charge in [0.2, 0.25) is 0 Å². The number of aromatic nitrogens is 1. The molecule has 2 aromatic rings. The van der Waals surface area contributed by atoms with Gasteiger partial charge >= 0.3 is 0 Å². The number of nitrogens with one attached hydrogen (secondary N) is 1. The van der Waals surface area contributed by atoms with Crippen LogP contribution in [0.15, 0.2) is 46.9 Å². The molecule has 0 unspecified atom stereocenters. The van der Waals surface area contributed by atoms with E-state index < -0.39 is 0 Å². The molecule has 1 aliphatic carbocycles. The average Bonchev–Trinajstić information content (AvgIpc) is 3.15. The van der Waals surface area contributed by atoms with Crippen molar-refractivity contribution in [3.63, 3.8) is 0 Å². The number of piperazine rings is 1. The third kappa shape index (κ3) is 3.87. The summed E-state index contributed by atoms with van der Waals surface area (Å²) in [4.78, 5) is 27.6. The highest BCUT2D eigenvalue weighted by molar-refractivity contribution is 6.34. The molecule has 1 aliphatic heterocycles. The highest BCUT2D eigenvalue weighted by Crippen LogP contribution is 2.34. The van der Waals surface area contributed by atoms with Crippen molar-refractivity contribution < 1.29 is 4.79 Å². The van der Waals surface area contributed by atoms with Gasteiger partial charge in [0.15, 0.2) is 0 Å². The van der Waals surface area contributed by atoms with Crippen molar-refractivity contribution in [2.45, 2.75) is 26.8 Å². The normalized spacial score (nSPS) is 16.1. The summed E-state index contributed by atoms with van der Waals surface area (Å²) in [6, 6.07) is 5.59. The molecule has 0 radical (unpaired) electrons. The van der Waals surface area contributed by atoms with Crippen LogP contribution in [0.2, 0.25) is 5.02 Å². The largest absolute Gasteiger partial charge is 0.336 e. The summed E-state index contributed by atoms with van der Waals surface area (Å²) in [6.45, 7) is 7.48. The lowest BCUT2D eigenvalue weighted by molar-refractivity contribution is 0.0736. The fourth-order valence-electron chi connectivity index (χ4n) is 4.13. The molecule has 30 heavy (non-hydrogen) atoms. The lowest BCUT2D eigenvalue weighted by atomic mass is 9.98. The van der Waals surface area contributed by atoms with Gasteiger partial charge in [0.05, 0.1) is 10.6 Å². The summed E-state index contributed by atoms with van der Waals surface area (Å²) in [5.41, 5.74) is 5.41. The Balaban J connectivity index is 1.75. The van der Waals surface area contributed by atoms with Crippen LogP contribution in [-0.2, 0) is 13.0 Å². The monoisotopic (exact) mass is 423 g/mol. The molecule has 0 atom stereocenters. The van der Waals surface area contributed by atoms with Gasteiger partial charge in [0.1, 0.15) is 0 Å². The Morgan fingerprint density at radius 1 is 1.27 bits per heavy atom. The van der Waals surface area contributed by atoms with E-state index in [2.05, 4.69) is 11.4 Å². The first-order chi connectivity index (χ1) is 14.5. The minimum Gasteiger partial charge on any atom is -0.336 e. The van der Waals surface area contributed by atoms with E-state index in [0.29, 0.717) is 36.6 Å². The molecular formula is C24H26ClN3O2. The van der Waals surface area contributed by atoms with E-state index in [-0.39, 0.29) is 11.5 Å². The van der Waals surface area contributed by atoms with E-state index in [4.69, 9.17) is 11.6 Å². The predicted molar refractivity (Wildman–Crippen MR) is 122 cm³/mol. The van der Waals surface area contributed by atoms with Crippen LogP contribution in [0, 0.1) is 0 Å². The Labute approximate surface area is 181 Å². The number of carbonyl (C=O) groups is 1. The molecule has 1 N–H and O–H groups in total. The molecule has 6 heteroatoms. The maximum atomic E-state index is 12.9. The zero-order chi connectivity index (χ0) is 21.3. The number of rotatable bonds is 4. The number of nitrogens with zero attached hydrogens (tertiary/aromatic N) is 2. The lowest BCUT2D eigenvalue weighted by Gasteiger charge is -2.27. The molecule has 0 spiro atoms. The van der Waals surface area contributed by atoms with E-state index in [1.165, 1.54) is 5.57 Å². The Bertz CT molecular complexity index is 1110. The maximum absolute atomic E-state index is 12.9. The molecule has 5 nitrogen and oxygen atoms in total. The van der Waals surface area contributed by atoms with Gasteiger partial charge in [0, 0.05) is 50.0 Å². The molecule has 4 rings (SSSR count). The van der Waals surface area contributed by atoms with Crippen LogP contribution < -0.4 is 10.9 Å². The minimum atomic E-state index is -0.0351. The fraction of sp³-hybridized carbons (Fsp3) is 0.333. The Morgan fingerprint density at radius 3 is 2.73 bits per heavy atom. The standard InChI is InChI=1S/C24H26ClN3O2/c1-3-4-9-28-15-21(19-12-16(2)13-20(19)24(28)30)17-5-6-18(22(25)14-17)23(29)27-10-7-26-8-11-27/h3-6,12,14-15,26H,7-11,13H2,1-2H3/b4-3+. The Kier molecular flexibility index (Phi) is 5.93. The second-order valence-electron chi connectivity index (χ2n) is 7.87. The lowest BCUT2D eigenvalue weighted by Crippen LogP contribution is -2.46. The summed E-state index contributed by atoms with van der Waals surface area (Å²) in [5, 5.41) is 3.69. The van der Waals surface area contributed by atoms with E-state index >= 15 is 0 Å². The highest BCUT2D eigenvalue weighted by Gasteiger charge is 2.23. The molecule has 1 aromatic heterocycles. The number of amides is 1. The van der Waals surface area contributed by atoms with Crippen LogP contribution in [0.4, 0.5) is 0 Å². The minimum absolute atomic E-state index is 0.0351. The molecule has 0 bridgehead atoms. The van der Waals surface area contributed by atoms with Crippen molar-refractivity contribution in [2.24, 2.45) is 0 Å². The molecule has 2 heterocycles. The van der Waals surface area contributed by atoms with Crippen molar-refractivity contribution in [1.29, 1.82) is 0 Å².